The number of aromatic nitrogens is 3. The molecule has 3 atom stereocenters. The van der Waals surface area contributed by atoms with Gasteiger partial charge in [0.25, 0.3) is 0 Å². The molecular weight excluding hydrogens is 300 g/mol. The highest BCUT2D eigenvalue weighted by molar-refractivity contribution is 6.02. The van der Waals surface area contributed by atoms with Gasteiger partial charge in [-0.1, -0.05) is 32.0 Å². The van der Waals surface area contributed by atoms with Crippen LogP contribution >= 0.6 is 0 Å². The molecule has 5 rings (SSSR count). The van der Waals surface area contributed by atoms with Crippen molar-refractivity contribution in [3.05, 3.63) is 36.3 Å². The summed E-state index contributed by atoms with van der Waals surface area (Å²) in [7, 11) is 0. The Morgan fingerprint density at radius 1 is 1.21 bits per heavy atom. The van der Waals surface area contributed by atoms with Crippen LogP contribution in [0.4, 0.5) is 0 Å². The van der Waals surface area contributed by atoms with E-state index < -0.39 is 0 Å². The fourth-order valence-electron chi connectivity index (χ4n) is 3.94. The van der Waals surface area contributed by atoms with Crippen LogP contribution < -0.4 is 5.32 Å². The molecule has 4 heterocycles. The molecule has 2 unspecified atom stereocenters. The van der Waals surface area contributed by atoms with Crippen molar-refractivity contribution in [1.29, 1.82) is 0 Å². The Morgan fingerprint density at radius 2 is 2.04 bits per heavy atom. The summed E-state index contributed by atoms with van der Waals surface area (Å²) in [6, 6.07) is 8.69. The van der Waals surface area contributed by atoms with Gasteiger partial charge in [0.1, 0.15) is 17.4 Å². The summed E-state index contributed by atoms with van der Waals surface area (Å²) < 4.78 is 8.62. The Morgan fingerprint density at radius 3 is 2.92 bits per heavy atom. The molecule has 1 aromatic carbocycles. The zero-order chi connectivity index (χ0) is 16.7. The minimum Gasteiger partial charge on any atom is -0.364 e. The number of benzene rings is 1. The summed E-state index contributed by atoms with van der Waals surface area (Å²) in [6.45, 7) is 8.04. The molecule has 0 spiro atoms. The minimum absolute atomic E-state index is 0.0207. The Kier molecular flexibility index (Phi) is 3.98. The first kappa shape index (κ1) is 15.5. The smallest absolute Gasteiger partial charge is 0.139 e. The first-order valence-corrected chi connectivity index (χ1v) is 8.94. The van der Waals surface area contributed by atoms with Crippen LogP contribution in [0.1, 0.15) is 45.2 Å². The van der Waals surface area contributed by atoms with Gasteiger partial charge in [-0.2, -0.15) is 0 Å². The van der Waals surface area contributed by atoms with E-state index in [1.807, 2.05) is 26.1 Å². The number of imidazole rings is 1. The molecule has 1 N–H and O–H groups in total. The number of para-hydroxylation sites is 1. The van der Waals surface area contributed by atoms with Crippen LogP contribution in [-0.2, 0) is 4.74 Å². The zero-order valence-corrected chi connectivity index (χ0v) is 14.5. The van der Waals surface area contributed by atoms with Gasteiger partial charge in [0, 0.05) is 11.9 Å². The maximum absolute atomic E-state index is 6.19. The lowest BCUT2D eigenvalue weighted by Crippen LogP contribution is -2.46. The van der Waals surface area contributed by atoms with Crippen molar-refractivity contribution in [1.82, 2.24) is 19.9 Å². The molecule has 3 aromatic rings. The predicted molar refractivity (Wildman–Crippen MR) is 96.2 cm³/mol. The van der Waals surface area contributed by atoms with Crippen LogP contribution in [0, 0.1) is 0 Å². The van der Waals surface area contributed by atoms with Crippen LogP contribution in [0.25, 0.3) is 21.9 Å². The minimum atomic E-state index is 0.0207. The number of ether oxygens (including phenoxy) is 1. The van der Waals surface area contributed by atoms with Crippen LogP contribution in [0.15, 0.2) is 30.5 Å². The summed E-state index contributed by atoms with van der Waals surface area (Å²) >= 11 is 0. The number of fused-ring (bicyclic) bond motifs is 7. The van der Waals surface area contributed by atoms with Crippen LogP contribution in [0.5, 0.6) is 0 Å². The zero-order valence-electron chi connectivity index (χ0n) is 14.5. The number of nitrogens with zero attached hydrogens (tertiary/aromatic N) is 3. The first-order valence-electron chi connectivity index (χ1n) is 8.94. The summed E-state index contributed by atoms with van der Waals surface area (Å²) in [5, 5.41) is 4.63. The lowest BCUT2D eigenvalue weighted by atomic mass is 10.00. The highest BCUT2D eigenvalue weighted by Gasteiger charge is 2.37. The summed E-state index contributed by atoms with van der Waals surface area (Å²) in [4.78, 5) is 9.38. The third-order valence-corrected chi connectivity index (χ3v) is 4.92. The Hall–Kier alpha value is -1.98. The van der Waals surface area contributed by atoms with Crippen LogP contribution in [0.3, 0.4) is 0 Å². The van der Waals surface area contributed by atoms with Crippen molar-refractivity contribution < 1.29 is 4.74 Å². The third-order valence-electron chi connectivity index (χ3n) is 4.92. The molecule has 0 amide bonds. The molecule has 0 saturated carbocycles. The Bertz CT molecular complexity index is 872. The van der Waals surface area contributed by atoms with E-state index in [-0.39, 0.29) is 12.2 Å². The first-order chi connectivity index (χ1) is 11.8. The van der Waals surface area contributed by atoms with E-state index in [2.05, 4.69) is 40.0 Å². The highest BCUT2D eigenvalue weighted by Crippen LogP contribution is 2.39. The van der Waals surface area contributed by atoms with Crippen molar-refractivity contribution in [3.63, 3.8) is 0 Å². The maximum Gasteiger partial charge on any atom is 0.139 e. The lowest BCUT2D eigenvalue weighted by Gasteiger charge is -2.40. The van der Waals surface area contributed by atoms with Crippen molar-refractivity contribution >= 4 is 21.9 Å². The molecule has 126 valence electrons. The van der Waals surface area contributed by atoms with Crippen molar-refractivity contribution in [3.8, 4) is 0 Å². The van der Waals surface area contributed by atoms with Crippen LogP contribution in [-0.4, -0.2) is 33.7 Å². The van der Waals surface area contributed by atoms with Gasteiger partial charge in [-0.25, -0.2) is 4.98 Å². The normalized spacial score (nSPS) is 25.7. The molecule has 1 fully saturated rings. The molecule has 2 aromatic heterocycles. The maximum atomic E-state index is 6.19. The number of hydrogen-bond donors (Lipinski definition) is 1. The number of hydrogen-bond acceptors (Lipinski definition) is 4. The second kappa shape index (κ2) is 6.15. The van der Waals surface area contributed by atoms with Gasteiger partial charge in [0.2, 0.25) is 0 Å². The Balaban J connectivity index is 0.000000704. The molecule has 1 saturated heterocycles. The van der Waals surface area contributed by atoms with Crippen molar-refractivity contribution in [2.45, 2.75) is 45.4 Å². The highest BCUT2D eigenvalue weighted by atomic mass is 16.5. The molecule has 2 aliphatic heterocycles. The van der Waals surface area contributed by atoms with Gasteiger partial charge in [-0.05, 0) is 26.0 Å². The molecule has 0 bridgehead atoms. The van der Waals surface area contributed by atoms with E-state index in [1.54, 1.807) is 0 Å². The monoisotopic (exact) mass is 324 g/mol. The average molecular weight is 324 g/mol. The van der Waals surface area contributed by atoms with Crippen LogP contribution in [0.2, 0.25) is 0 Å². The third kappa shape index (κ3) is 2.23. The van der Waals surface area contributed by atoms with E-state index in [9.17, 15) is 0 Å². The number of piperidine rings is 1. The summed E-state index contributed by atoms with van der Waals surface area (Å²) in [5.74, 6) is 1.04. The lowest BCUT2D eigenvalue weighted by molar-refractivity contribution is -0.0700. The molecular formula is C19H24N4O. The molecule has 5 nitrogen and oxygen atoms in total. The van der Waals surface area contributed by atoms with E-state index in [0.29, 0.717) is 6.04 Å². The second-order valence-electron chi connectivity index (χ2n) is 6.23. The standard InChI is InChI=1S/C17H18N4O.C2H6/c1-10-17-20-13-8-19-12-5-3-2-4-11(12)16(13)21(17)14-6-7-18-9-15(14)22-10;1-2/h2-5,8,10,14-15,18H,6-7,9H2,1H3;1-2H3/t10-,14?,15?;/m1./s1. The van der Waals surface area contributed by atoms with Gasteiger partial charge in [0.05, 0.1) is 29.4 Å². The van der Waals surface area contributed by atoms with Crippen molar-refractivity contribution in [2.75, 3.05) is 13.1 Å². The van der Waals surface area contributed by atoms with E-state index in [1.165, 1.54) is 10.9 Å². The Labute approximate surface area is 142 Å². The predicted octanol–water partition coefficient (Wildman–Crippen LogP) is 3.60. The van der Waals surface area contributed by atoms with E-state index in [4.69, 9.17) is 9.72 Å². The van der Waals surface area contributed by atoms with Crippen molar-refractivity contribution in [2.24, 2.45) is 0 Å². The molecule has 5 heteroatoms. The van der Waals surface area contributed by atoms with Gasteiger partial charge < -0.3 is 14.6 Å². The molecule has 0 aliphatic carbocycles. The van der Waals surface area contributed by atoms with Gasteiger partial charge >= 0.3 is 0 Å². The van der Waals surface area contributed by atoms with Gasteiger partial charge in [0.15, 0.2) is 0 Å². The topological polar surface area (TPSA) is 52.0 Å². The quantitative estimate of drug-likeness (QED) is 0.686. The number of rotatable bonds is 0. The fourth-order valence-corrected chi connectivity index (χ4v) is 3.94. The molecule has 0 radical (unpaired) electrons. The van der Waals surface area contributed by atoms with Gasteiger partial charge in [-0.3, -0.25) is 4.98 Å². The summed E-state index contributed by atoms with van der Waals surface area (Å²) in [5.41, 5.74) is 3.22. The SMILES string of the molecule is CC.C[C@H]1OC2CNCCC2n2c1nc1cnc3ccccc3c12. The van der Waals surface area contributed by atoms with Gasteiger partial charge in [-0.15, -0.1) is 0 Å². The average Bonchev–Trinajstić information content (AvgIpc) is 3.05. The molecule has 2 aliphatic rings. The molecule has 24 heavy (non-hydrogen) atoms. The summed E-state index contributed by atoms with van der Waals surface area (Å²) in [6.07, 6.45) is 3.21. The largest absolute Gasteiger partial charge is 0.364 e. The number of nitrogens with one attached hydrogen (secondary N) is 1. The second-order valence-corrected chi connectivity index (χ2v) is 6.23. The fraction of sp³-hybridized carbons (Fsp3) is 0.474. The van der Waals surface area contributed by atoms with E-state index >= 15 is 0 Å². The number of pyridine rings is 1. The van der Waals surface area contributed by atoms with E-state index in [0.717, 1.165) is 36.4 Å².